The maximum Gasteiger partial charge on any atom is 0.281 e. The largest absolute Gasteiger partial charge is 0.495 e. The molecule has 0 aliphatic carbocycles. The molecule has 29 heavy (non-hydrogen) atoms. The molecule has 2 fully saturated rings. The number of nitrogens with zero attached hydrogens (tertiary/aromatic N) is 2. The zero-order valence-corrected chi connectivity index (χ0v) is 18.2. The lowest BCUT2D eigenvalue weighted by atomic mass is 10.2. The number of carbonyl (C=O) groups excluding carboxylic acids is 2. The Morgan fingerprint density at radius 3 is 2.52 bits per heavy atom. The second-order valence-electron chi connectivity index (χ2n) is 7.08. The molecule has 2 saturated heterocycles. The molecule has 2 aliphatic rings. The van der Waals surface area contributed by atoms with Crippen LogP contribution >= 0.6 is 11.8 Å². The number of hydrogen-bond donors (Lipinski definition) is 1. The normalized spacial score (nSPS) is 18.5. The number of sulfonamides is 1. The Morgan fingerprint density at radius 1 is 1.17 bits per heavy atom. The average molecular weight is 442 g/mol. The quantitative estimate of drug-likeness (QED) is 0.699. The third-order valence-electron chi connectivity index (χ3n) is 5.10. The fourth-order valence-electron chi connectivity index (χ4n) is 3.45. The van der Waals surface area contributed by atoms with E-state index in [0.29, 0.717) is 37.6 Å². The van der Waals surface area contributed by atoms with Crippen LogP contribution in [0.5, 0.6) is 5.75 Å². The minimum atomic E-state index is -3.63. The number of benzene rings is 1. The topological polar surface area (TPSA) is 96.0 Å². The summed E-state index contributed by atoms with van der Waals surface area (Å²) in [5.41, 5.74) is 0.315. The Labute approximate surface area is 176 Å². The molecule has 0 aromatic heterocycles. The molecule has 3 rings (SSSR count). The number of methoxy groups -OCH3 is 1. The van der Waals surface area contributed by atoms with Crippen molar-refractivity contribution in [3.05, 3.63) is 18.2 Å². The molecule has 1 aromatic carbocycles. The van der Waals surface area contributed by atoms with E-state index in [-0.39, 0.29) is 22.5 Å². The molecule has 2 aliphatic heterocycles. The molecule has 0 spiro atoms. The first-order valence-corrected chi connectivity index (χ1v) is 12.2. The van der Waals surface area contributed by atoms with Gasteiger partial charge in [0.05, 0.1) is 17.7 Å². The highest BCUT2D eigenvalue weighted by Crippen LogP contribution is 2.30. The van der Waals surface area contributed by atoms with Gasteiger partial charge in [-0.3, -0.25) is 9.59 Å². The van der Waals surface area contributed by atoms with Gasteiger partial charge in [-0.25, -0.2) is 8.42 Å². The molecule has 2 heterocycles. The summed E-state index contributed by atoms with van der Waals surface area (Å²) in [5, 5.41) is 2.72. The van der Waals surface area contributed by atoms with Crippen molar-refractivity contribution >= 4 is 38.6 Å². The second-order valence-corrected chi connectivity index (χ2v) is 10.1. The lowest BCUT2D eigenvalue weighted by molar-refractivity contribution is -0.116. The van der Waals surface area contributed by atoms with Crippen molar-refractivity contribution in [3.8, 4) is 5.75 Å². The third-order valence-corrected chi connectivity index (χ3v) is 7.89. The lowest BCUT2D eigenvalue weighted by Crippen LogP contribution is -2.32. The van der Waals surface area contributed by atoms with E-state index in [1.54, 1.807) is 11.0 Å². The first-order valence-electron chi connectivity index (χ1n) is 9.81. The van der Waals surface area contributed by atoms with Gasteiger partial charge in [-0.1, -0.05) is 24.6 Å². The molecule has 0 atom stereocenters. The third kappa shape index (κ3) is 5.43. The van der Waals surface area contributed by atoms with E-state index in [1.165, 1.54) is 35.3 Å². The zero-order chi connectivity index (χ0) is 20.9. The van der Waals surface area contributed by atoms with Crippen LogP contribution in [0, 0.1) is 0 Å². The van der Waals surface area contributed by atoms with Crippen LogP contribution in [0.2, 0.25) is 0 Å². The number of hydrogen-bond acceptors (Lipinski definition) is 6. The molecule has 0 unspecified atom stereocenters. The van der Waals surface area contributed by atoms with Crippen LogP contribution in [0.1, 0.15) is 32.1 Å². The minimum absolute atomic E-state index is 0.0130. The summed E-state index contributed by atoms with van der Waals surface area (Å²) in [7, 11) is -2.16. The van der Waals surface area contributed by atoms with Crippen molar-refractivity contribution in [1.29, 1.82) is 0 Å². The molecular weight excluding hydrogens is 414 g/mol. The van der Waals surface area contributed by atoms with E-state index in [2.05, 4.69) is 5.32 Å². The molecule has 0 bridgehead atoms. The van der Waals surface area contributed by atoms with Crippen LogP contribution in [0.4, 0.5) is 10.5 Å². The molecule has 0 saturated carbocycles. The van der Waals surface area contributed by atoms with Gasteiger partial charge in [0.15, 0.2) is 0 Å². The Bertz CT molecular complexity index is 851. The molecule has 160 valence electrons. The molecule has 1 aromatic rings. The van der Waals surface area contributed by atoms with E-state index in [4.69, 9.17) is 4.74 Å². The van der Waals surface area contributed by atoms with Crippen molar-refractivity contribution in [2.75, 3.05) is 44.4 Å². The lowest BCUT2D eigenvalue weighted by Gasteiger charge is -2.21. The maximum atomic E-state index is 13.0. The van der Waals surface area contributed by atoms with Gasteiger partial charge < -0.3 is 15.0 Å². The van der Waals surface area contributed by atoms with Gasteiger partial charge in [-0.2, -0.15) is 4.31 Å². The maximum absolute atomic E-state index is 13.0. The smallest absolute Gasteiger partial charge is 0.281 e. The monoisotopic (exact) mass is 441 g/mol. The van der Waals surface area contributed by atoms with E-state index in [9.17, 15) is 18.0 Å². The Kier molecular flexibility index (Phi) is 7.42. The van der Waals surface area contributed by atoms with E-state index >= 15 is 0 Å². The van der Waals surface area contributed by atoms with Crippen LogP contribution < -0.4 is 10.1 Å². The SMILES string of the molecule is COc1ccc(S(=O)(=O)N2CCCCCC2)cc1NC(=O)CCN1CCSC1=O. The highest BCUT2D eigenvalue weighted by molar-refractivity contribution is 8.13. The molecule has 2 amide bonds. The van der Waals surface area contributed by atoms with Gasteiger partial charge >= 0.3 is 0 Å². The molecule has 1 N–H and O–H groups in total. The van der Waals surface area contributed by atoms with E-state index in [0.717, 1.165) is 31.4 Å². The fourth-order valence-corrected chi connectivity index (χ4v) is 5.85. The van der Waals surface area contributed by atoms with Crippen molar-refractivity contribution in [2.45, 2.75) is 37.0 Å². The summed E-state index contributed by atoms with van der Waals surface area (Å²) >= 11 is 1.25. The minimum Gasteiger partial charge on any atom is -0.495 e. The van der Waals surface area contributed by atoms with Crippen LogP contribution in [-0.2, 0) is 14.8 Å². The second kappa shape index (κ2) is 9.82. The van der Waals surface area contributed by atoms with Crippen LogP contribution in [0.15, 0.2) is 23.1 Å². The standard InChI is InChI=1S/C19H27N3O5S2/c1-27-17-7-6-15(29(25,26)22-9-4-2-3-5-10-22)14-16(17)20-18(23)8-11-21-12-13-28-19(21)24/h6-7,14H,2-5,8-13H2,1H3,(H,20,23). The van der Waals surface area contributed by atoms with Crippen molar-refractivity contribution in [3.63, 3.8) is 0 Å². The van der Waals surface area contributed by atoms with Gasteiger partial charge in [-0.05, 0) is 31.0 Å². The summed E-state index contributed by atoms with van der Waals surface area (Å²) in [6.07, 6.45) is 3.92. The van der Waals surface area contributed by atoms with E-state index in [1.807, 2.05) is 0 Å². The van der Waals surface area contributed by atoms with Crippen LogP contribution in [0.25, 0.3) is 0 Å². The highest BCUT2D eigenvalue weighted by atomic mass is 32.2. The van der Waals surface area contributed by atoms with Crippen molar-refractivity contribution in [1.82, 2.24) is 9.21 Å². The molecule has 8 nitrogen and oxygen atoms in total. The van der Waals surface area contributed by atoms with Crippen molar-refractivity contribution < 1.29 is 22.7 Å². The highest BCUT2D eigenvalue weighted by Gasteiger charge is 2.26. The summed E-state index contributed by atoms with van der Waals surface area (Å²) in [6, 6.07) is 4.52. The van der Waals surface area contributed by atoms with Gasteiger partial charge in [-0.15, -0.1) is 0 Å². The number of amides is 2. The number of anilines is 1. The summed E-state index contributed by atoms with van der Waals surface area (Å²) in [6.45, 7) is 2.01. The molecule has 10 heteroatoms. The Balaban J connectivity index is 1.72. The predicted molar refractivity (Wildman–Crippen MR) is 113 cm³/mol. The fraction of sp³-hybridized carbons (Fsp3) is 0.579. The van der Waals surface area contributed by atoms with Gasteiger partial charge in [0, 0.05) is 38.4 Å². The summed E-state index contributed by atoms with van der Waals surface area (Å²) in [4.78, 5) is 25.8. The van der Waals surface area contributed by atoms with E-state index < -0.39 is 10.0 Å². The van der Waals surface area contributed by atoms with Crippen molar-refractivity contribution in [2.24, 2.45) is 0 Å². The average Bonchev–Trinajstić information content (AvgIpc) is 2.94. The Hall–Kier alpha value is -1.78. The summed E-state index contributed by atoms with van der Waals surface area (Å²) in [5.74, 6) is 0.836. The number of ether oxygens (including phenoxy) is 1. The Morgan fingerprint density at radius 2 is 1.90 bits per heavy atom. The van der Waals surface area contributed by atoms with Gasteiger partial charge in [0.1, 0.15) is 5.75 Å². The predicted octanol–water partition coefficient (Wildman–Crippen LogP) is 2.76. The number of rotatable bonds is 7. The molecular formula is C19H27N3O5S2. The zero-order valence-electron chi connectivity index (χ0n) is 16.6. The number of carbonyl (C=O) groups is 2. The van der Waals surface area contributed by atoms with Gasteiger partial charge in [0.2, 0.25) is 15.9 Å². The molecule has 0 radical (unpaired) electrons. The number of nitrogens with one attached hydrogen (secondary N) is 1. The first-order chi connectivity index (χ1) is 13.9. The van der Waals surface area contributed by atoms with Crippen LogP contribution in [-0.4, -0.2) is 67.8 Å². The summed E-state index contributed by atoms with van der Waals surface area (Å²) < 4.78 is 32.9. The van der Waals surface area contributed by atoms with Crippen LogP contribution in [0.3, 0.4) is 0 Å². The van der Waals surface area contributed by atoms with Gasteiger partial charge in [0.25, 0.3) is 5.24 Å². The number of thioether (sulfide) groups is 1. The first kappa shape index (κ1) is 21.9.